The minimum absolute atomic E-state index is 0.0943. The molecule has 0 fully saturated rings. The number of aromatic nitrogens is 1. The van der Waals surface area contributed by atoms with Gasteiger partial charge in [0.1, 0.15) is 11.4 Å². The van der Waals surface area contributed by atoms with Gasteiger partial charge in [-0.15, -0.1) is 0 Å². The largest absolute Gasteiger partial charge is 0.459 e. The number of fused-ring (bicyclic) bond motifs is 1. The first-order valence-electron chi connectivity index (χ1n) is 4.23. The number of pyridine rings is 1. The van der Waals surface area contributed by atoms with Gasteiger partial charge in [-0.25, -0.2) is 0 Å². The minimum Gasteiger partial charge on any atom is -0.459 e. The highest BCUT2D eigenvalue weighted by molar-refractivity contribution is 14.1. The Morgan fingerprint density at radius 1 is 1.62 bits per heavy atom. The summed E-state index contributed by atoms with van der Waals surface area (Å²) in [5.74, 6) is 0.933. The topological polar surface area (TPSA) is 25.4 Å². The van der Waals surface area contributed by atoms with Crippen LogP contribution < -0.4 is 9.64 Å². The first-order valence-corrected chi connectivity index (χ1v) is 5.48. The third-order valence-corrected chi connectivity index (χ3v) is 2.89. The van der Waals surface area contributed by atoms with E-state index >= 15 is 0 Å². The maximum absolute atomic E-state index is 5.65. The van der Waals surface area contributed by atoms with Crippen molar-refractivity contribution in [3.05, 3.63) is 18.5 Å². The average molecular weight is 290 g/mol. The fourth-order valence-corrected chi connectivity index (χ4v) is 2.67. The molecule has 0 amide bonds. The average Bonchev–Trinajstić information content (AvgIpc) is 2.39. The van der Waals surface area contributed by atoms with Gasteiger partial charge >= 0.3 is 0 Å². The van der Waals surface area contributed by atoms with Gasteiger partial charge in [0, 0.05) is 18.3 Å². The molecule has 0 saturated carbocycles. The maximum Gasteiger partial charge on any atom is 0.224 e. The monoisotopic (exact) mass is 290 g/mol. The Morgan fingerprint density at radius 3 is 3.08 bits per heavy atom. The molecule has 1 unspecified atom stereocenters. The molecule has 0 N–H and O–H groups in total. The van der Waals surface area contributed by atoms with Crippen LogP contribution in [-0.2, 0) is 0 Å². The van der Waals surface area contributed by atoms with E-state index in [0.29, 0.717) is 6.04 Å². The van der Waals surface area contributed by atoms with Gasteiger partial charge in [0.25, 0.3) is 0 Å². The Bertz CT molecular complexity index is 316. The van der Waals surface area contributed by atoms with Crippen molar-refractivity contribution in [3.63, 3.8) is 0 Å². The Morgan fingerprint density at radius 2 is 2.38 bits per heavy atom. The number of halogens is 1. The molecule has 2 rings (SSSR count). The van der Waals surface area contributed by atoms with Gasteiger partial charge in [-0.05, 0) is 36.4 Å². The van der Waals surface area contributed by atoms with Crippen LogP contribution in [0.5, 0.6) is 5.75 Å². The van der Waals surface area contributed by atoms with Crippen LogP contribution in [-0.4, -0.2) is 15.3 Å². The summed E-state index contributed by atoms with van der Waals surface area (Å²) in [6.45, 7) is 4.30. The number of hydrogen-bond donors (Lipinski definition) is 0. The van der Waals surface area contributed by atoms with E-state index in [2.05, 4.69) is 46.3 Å². The van der Waals surface area contributed by atoms with E-state index in [0.717, 1.165) is 11.4 Å². The first-order chi connectivity index (χ1) is 6.20. The maximum atomic E-state index is 5.65. The smallest absolute Gasteiger partial charge is 0.224 e. The second kappa shape index (κ2) is 3.32. The summed E-state index contributed by atoms with van der Waals surface area (Å²) in [5, 5.41) is 0. The van der Waals surface area contributed by atoms with Crippen LogP contribution in [0.4, 0.5) is 5.69 Å². The van der Waals surface area contributed by atoms with Gasteiger partial charge in [0.2, 0.25) is 4.23 Å². The van der Waals surface area contributed by atoms with Gasteiger partial charge in [-0.1, -0.05) is 0 Å². The second-order valence-electron chi connectivity index (χ2n) is 3.25. The van der Waals surface area contributed by atoms with Crippen LogP contribution in [0.25, 0.3) is 0 Å². The van der Waals surface area contributed by atoms with Crippen molar-refractivity contribution in [2.75, 3.05) is 4.90 Å². The van der Waals surface area contributed by atoms with Crippen molar-refractivity contribution in [1.29, 1.82) is 0 Å². The standard InChI is InChI=1S/C9H11IN2O/c1-6(2)12-7-5-11-4-3-8(7)13-9(12)10/h3-6,9H,1-2H3. The molecule has 0 aromatic carbocycles. The molecular formula is C9H11IN2O. The highest BCUT2D eigenvalue weighted by Crippen LogP contribution is 2.39. The lowest BCUT2D eigenvalue weighted by atomic mass is 10.3. The number of nitrogens with zero attached hydrogens (tertiary/aromatic N) is 2. The van der Waals surface area contributed by atoms with E-state index in [-0.39, 0.29) is 4.23 Å². The van der Waals surface area contributed by atoms with Crippen molar-refractivity contribution in [3.8, 4) is 5.75 Å². The SMILES string of the molecule is CC(C)N1c2cnccc2OC1I. The molecule has 1 aromatic rings. The zero-order valence-electron chi connectivity index (χ0n) is 7.57. The predicted molar refractivity (Wildman–Crippen MR) is 60.3 cm³/mol. The lowest BCUT2D eigenvalue weighted by Gasteiger charge is -2.24. The molecule has 0 spiro atoms. The zero-order chi connectivity index (χ0) is 9.42. The van der Waals surface area contributed by atoms with Crippen LogP contribution in [0.1, 0.15) is 13.8 Å². The van der Waals surface area contributed by atoms with Gasteiger partial charge in [0.05, 0.1) is 6.20 Å². The molecule has 13 heavy (non-hydrogen) atoms. The molecule has 0 saturated heterocycles. The van der Waals surface area contributed by atoms with Crippen LogP contribution >= 0.6 is 22.6 Å². The zero-order valence-corrected chi connectivity index (χ0v) is 9.72. The van der Waals surface area contributed by atoms with Gasteiger partial charge in [-0.2, -0.15) is 0 Å². The number of ether oxygens (including phenoxy) is 1. The summed E-state index contributed by atoms with van der Waals surface area (Å²) in [6.07, 6.45) is 3.61. The summed E-state index contributed by atoms with van der Waals surface area (Å²) in [4.78, 5) is 6.31. The van der Waals surface area contributed by atoms with E-state index in [9.17, 15) is 0 Å². The molecule has 0 aliphatic carbocycles. The molecule has 0 bridgehead atoms. The molecule has 1 aliphatic heterocycles. The van der Waals surface area contributed by atoms with Crippen LogP contribution in [0, 0.1) is 0 Å². The van der Waals surface area contributed by atoms with E-state index < -0.39 is 0 Å². The minimum atomic E-state index is 0.0943. The third kappa shape index (κ3) is 1.47. The predicted octanol–water partition coefficient (Wildman–Crippen LogP) is 2.41. The van der Waals surface area contributed by atoms with Crippen molar-refractivity contribution in [2.45, 2.75) is 24.1 Å². The summed E-state index contributed by atoms with van der Waals surface area (Å²) >= 11 is 2.28. The highest BCUT2D eigenvalue weighted by Gasteiger charge is 2.30. The van der Waals surface area contributed by atoms with Crippen LogP contribution in [0.3, 0.4) is 0 Å². The summed E-state index contributed by atoms with van der Waals surface area (Å²) in [5.41, 5.74) is 1.09. The number of rotatable bonds is 1. The molecule has 3 nitrogen and oxygen atoms in total. The summed E-state index contributed by atoms with van der Waals surface area (Å²) < 4.78 is 5.75. The quantitative estimate of drug-likeness (QED) is 0.451. The summed E-state index contributed by atoms with van der Waals surface area (Å²) in [7, 11) is 0. The van der Waals surface area contributed by atoms with Crippen molar-refractivity contribution in [1.82, 2.24) is 4.98 Å². The van der Waals surface area contributed by atoms with Gasteiger partial charge < -0.3 is 9.64 Å². The lowest BCUT2D eigenvalue weighted by Crippen LogP contribution is -2.35. The van der Waals surface area contributed by atoms with Crippen LogP contribution in [0.2, 0.25) is 0 Å². The Kier molecular flexibility index (Phi) is 2.31. The molecule has 1 aliphatic rings. The number of alkyl halides is 1. The Labute approximate surface area is 91.2 Å². The molecule has 2 heterocycles. The lowest BCUT2D eigenvalue weighted by molar-refractivity contribution is 0.320. The molecule has 1 atom stereocenters. The van der Waals surface area contributed by atoms with Crippen molar-refractivity contribution < 1.29 is 4.74 Å². The van der Waals surface area contributed by atoms with E-state index in [1.54, 1.807) is 6.20 Å². The third-order valence-electron chi connectivity index (χ3n) is 2.04. The number of hydrogen-bond acceptors (Lipinski definition) is 3. The normalized spacial score (nSPS) is 20.3. The fraction of sp³-hybridized carbons (Fsp3) is 0.444. The van der Waals surface area contributed by atoms with Crippen molar-refractivity contribution in [2.24, 2.45) is 0 Å². The molecule has 1 aromatic heterocycles. The Balaban J connectivity index is 2.40. The molecule has 4 heteroatoms. The van der Waals surface area contributed by atoms with E-state index in [4.69, 9.17) is 4.74 Å². The molecule has 70 valence electrons. The highest BCUT2D eigenvalue weighted by atomic mass is 127. The molecular weight excluding hydrogens is 279 g/mol. The first kappa shape index (κ1) is 9.05. The summed E-state index contributed by atoms with van der Waals surface area (Å²) in [6, 6.07) is 2.34. The van der Waals surface area contributed by atoms with E-state index in [1.807, 2.05) is 12.3 Å². The fourth-order valence-electron chi connectivity index (χ4n) is 1.45. The molecule has 0 radical (unpaired) electrons. The second-order valence-corrected chi connectivity index (χ2v) is 4.32. The number of anilines is 1. The van der Waals surface area contributed by atoms with E-state index in [1.165, 1.54) is 0 Å². The Hall–Kier alpha value is -0.520. The van der Waals surface area contributed by atoms with Gasteiger partial charge in [-0.3, -0.25) is 4.98 Å². The van der Waals surface area contributed by atoms with Crippen LogP contribution in [0.15, 0.2) is 18.5 Å². The van der Waals surface area contributed by atoms with Crippen molar-refractivity contribution >= 4 is 28.3 Å². The van der Waals surface area contributed by atoms with Gasteiger partial charge in [0.15, 0.2) is 0 Å².